The molecule has 1 N–H and O–H groups in total. The van der Waals surface area contributed by atoms with E-state index in [1.807, 2.05) is 24.3 Å². The van der Waals surface area contributed by atoms with Crippen LogP contribution in [0.5, 0.6) is 11.5 Å². The van der Waals surface area contributed by atoms with Gasteiger partial charge in [-0.3, -0.25) is 4.79 Å². The van der Waals surface area contributed by atoms with Gasteiger partial charge in [-0.15, -0.1) is 0 Å². The van der Waals surface area contributed by atoms with E-state index in [2.05, 4.69) is 0 Å². The lowest BCUT2D eigenvalue weighted by molar-refractivity contribution is -0.136. The highest BCUT2D eigenvalue weighted by molar-refractivity contribution is 5.67. The van der Waals surface area contributed by atoms with Crippen LogP contribution in [0.25, 0.3) is 0 Å². The Morgan fingerprint density at radius 3 is 2.36 bits per heavy atom. The molecule has 2 aromatic rings. The fourth-order valence-corrected chi connectivity index (χ4v) is 1.89. The Bertz CT molecular complexity index is 610. The molecule has 0 aliphatic heterocycles. The highest BCUT2D eigenvalue weighted by Gasteiger charge is 2.01. The molecule has 4 nitrogen and oxygen atoms in total. The van der Waals surface area contributed by atoms with Crippen molar-refractivity contribution in [3.63, 3.8) is 0 Å². The summed E-state index contributed by atoms with van der Waals surface area (Å²) in [5.74, 6) is 0.131. The van der Waals surface area contributed by atoms with E-state index in [9.17, 15) is 9.18 Å². The number of ether oxygens (including phenoxy) is 2. The zero-order valence-electron chi connectivity index (χ0n) is 12.0. The Morgan fingerprint density at radius 1 is 1.00 bits per heavy atom. The molecule has 0 heterocycles. The minimum Gasteiger partial charge on any atom is -0.490 e. The van der Waals surface area contributed by atoms with Crippen LogP contribution in [0.15, 0.2) is 48.5 Å². The molecule has 0 aliphatic carbocycles. The van der Waals surface area contributed by atoms with E-state index in [1.165, 1.54) is 12.1 Å². The van der Waals surface area contributed by atoms with Crippen molar-refractivity contribution in [2.75, 3.05) is 13.2 Å². The highest BCUT2D eigenvalue weighted by atomic mass is 19.1. The maximum absolute atomic E-state index is 12.7. The van der Waals surface area contributed by atoms with Crippen LogP contribution in [0.2, 0.25) is 0 Å². The summed E-state index contributed by atoms with van der Waals surface area (Å²) in [7, 11) is 0. The molecule has 2 rings (SSSR count). The van der Waals surface area contributed by atoms with Gasteiger partial charge in [0.1, 0.15) is 30.5 Å². The Labute approximate surface area is 128 Å². The van der Waals surface area contributed by atoms with Crippen LogP contribution in [0.1, 0.15) is 12.0 Å². The molecule has 0 amide bonds. The summed E-state index contributed by atoms with van der Waals surface area (Å²) >= 11 is 0. The van der Waals surface area contributed by atoms with Crippen LogP contribution in [0.3, 0.4) is 0 Å². The molecule has 0 spiro atoms. The van der Waals surface area contributed by atoms with Crippen molar-refractivity contribution in [1.29, 1.82) is 0 Å². The first-order valence-electron chi connectivity index (χ1n) is 6.95. The molecular weight excluding hydrogens is 287 g/mol. The third-order valence-electron chi connectivity index (χ3n) is 2.96. The zero-order chi connectivity index (χ0) is 15.8. The number of benzene rings is 2. The van der Waals surface area contributed by atoms with E-state index < -0.39 is 5.97 Å². The number of carboxylic acids is 1. The first-order valence-corrected chi connectivity index (χ1v) is 6.95. The van der Waals surface area contributed by atoms with Gasteiger partial charge in [0.25, 0.3) is 0 Å². The van der Waals surface area contributed by atoms with E-state index in [0.29, 0.717) is 31.1 Å². The van der Waals surface area contributed by atoms with E-state index in [-0.39, 0.29) is 12.2 Å². The SMILES string of the molecule is O=C(O)CCc1cccc(OCCOc2ccc(F)cc2)c1. The molecule has 0 atom stereocenters. The maximum atomic E-state index is 12.7. The molecule has 0 bridgehead atoms. The monoisotopic (exact) mass is 304 g/mol. The number of rotatable bonds is 8. The number of aliphatic carboxylic acids is 1. The average molecular weight is 304 g/mol. The molecule has 0 saturated heterocycles. The first kappa shape index (κ1) is 15.8. The maximum Gasteiger partial charge on any atom is 0.303 e. The van der Waals surface area contributed by atoms with Gasteiger partial charge in [-0.05, 0) is 48.4 Å². The Kier molecular flexibility index (Phi) is 5.77. The van der Waals surface area contributed by atoms with Crippen molar-refractivity contribution < 1.29 is 23.8 Å². The minimum absolute atomic E-state index is 0.0944. The predicted molar refractivity (Wildman–Crippen MR) is 79.8 cm³/mol. The lowest BCUT2D eigenvalue weighted by Gasteiger charge is -2.09. The number of aryl methyl sites for hydroxylation is 1. The van der Waals surface area contributed by atoms with E-state index >= 15 is 0 Å². The molecule has 0 unspecified atom stereocenters. The van der Waals surface area contributed by atoms with E-state index in [4.69, 9.17) is 14.6 Å². The number of halogens is 1. The fourth-order valence-electron chi connectivity index (χ4n) is 1.89. The predicted octanol–water partition coefficient (Wildman–Crippen LogP) is 3.30. The third kappa shape index (κ3) is 5.44. The summed E-state index contributed by atoms with van der Waals surface area (Å²) in [5, 5.41) is 8.67. The molecule has 2 aromatic carbocycles. The largest absolute Gasteiger partial charge is 0.490 e. The molecule has 0 radical (unpaired) electrons. The van der Waals surface area contributed by atoms with E-state index in [1.54, 1.807) is 12.1 Å². The Hall–Kier alpha value is -2.56. The fraction of sp³-hybridized carbons (Fsp3) is 0.235. The van der Waals surface area contributed by atoms with E-state index in [0.717, 1.165) is 5.56 Å². The van der Waals surface area contributed by atoms with Gasteiger partial charge in [-0.1, -0.05) is 12.1 Å². The molecule has 0 aliphatic rings. The summed E-state index contributed by atoms with van der Waals surface area (Å²) in [6.07, 6.45) is 0.565. The Morgan fingerprint density at radius 2 is 1.68 bits per heavy atom. The molecule has 0 aromatic heterocycles. The smallest absolute Gasteiger partial charge is 0.303 e. The van der Waals surface area contributed by atoms with Gasteiger partial charge in [-0.2, -0.15) is 0 Å². The summed E-state index contributed by atoms with van der Waals surface area (Å²) in [4.78, 5) is 10.6. The summed E-state index contributed by atoms with van der Waals surface area (Å²) in [6.45, 7) is 0.685. The third-order valence-corrected chi connectivity index (χ3v) is 2.96. The van der Waals surface area contributed by atoms with Gasteiger partial charge in [0, 0.05) is 6.42 Å². The van der Waals surface area contributed by atoms with Gasteiger partial charge in [0.15, 0.2) is 0 Å². The molecule has 5 heteroatoms. The number of hydrogen-bond donors (Lipinski definition) is 1. The molecular formula is C17H17FO4. The van der Waals surface area contributed by atoms with Crippen LogP contribution < -0.4 is 9.47 Å². The second-order valence-corrected chi connectivity index (χ2v) is 4.69. The second-order valence-electron chi connectivity index (χ2n) is 4.69. The van der Waals surface area contributed by atoms with Gasteiger partial charge in [0.05, 0.1) is 0 Å². The normalized spacial score (nSPS) is 10.2. The van der Waals surface area contributed by atoms with Crippen LogP contribution in [-0.2, 0) is 11.2 Å². The van der Waals surface area contributed by atoms with Crippen LogP contribution in [0, 0.1) is 5.82 Å². The van der Waals surface area contributed by atoms with Gasteiger partial charge in [0.2, 0.25) is 0 Å². The molecule has 0 fully saturated rings. The summed E-state index contributed by atoms with van der Waals surface area (Å²) in [5.41, 5.74) is 0.916. The summed E-state index contributed by atoms with van der Waals surface area (Å²) < 4.78 is 23.7. The minimum atomic E-state index is -0.820. The number of hydrogen-bond acceptors (Lipinski definition) is 3. The topological polar surface area (TPSA) is 55.8 Å². The van der Waals surface area contributed by atoms with Gasteiger partial charge < -0.3 is 14.6 Å². The van der Waals surface area contributed by atoms with Crippen LogP contribution >= 0.6 is 0 Å². The van der Waals surface area contributed by atoms with Crippen LogP contribution in [0.4, 0.5) is 4.39 Å². The van der Waals surface area contributed by atoms with Gasteiger partial charge in [-0.25, -0.2) is 4.39 Å². The lowest BCUT2D eigenvalue weighted by atomic mass is 10.1. The zero-order valence-corrected chi connectivity index (χ0v) is 12.0. The number of carbonyl (C=O) groups is 1. The van der Waals surface area contributed by atoms with Crippen LogP contribution in [-0.4, -0.2) is 24.3 Å². The average Bonchev–Trinajstić information content (AvgIpc) is 2.52. The van der Waals surface area contributed by atoms with Crippen molar-refractivity contribution in [2.24, 2.45) is 0 Å². The van der Waals surface area contributed by atoms with Gasteiger partial charge >= 0.3 is 5.97 Å². The second kappa shape index (κ2) is 8.02. The van der Waals surface area contributed by atoms with Crippen molar-refractivity contribution in [1.82, 2.24) is 0 Å². The Balaban J connectivity index is 1.75. The highest BCUT2D eigenvalue weighted by Crippen LogP contribution is 2.15. The van der Waals surface area contributed by atoms with Crippen molar-refractivity contribution in [2.45, 2.75) is 12.8 Å². The molecule has 22 heavy (non-hydrogen) atoms. The summed E-state index contributed by atoms with van der Waals surface area (Å²) in [6, 6.07) is 13.1. The van der Waals surface area contributed by atoms with Crippen molar-refractivity contribution in [3.05, 3.63) is 59.9 Å². The molecule has 0 saturated carbocycles. The standard InChI is InChI=1S/C17H17FO4/c18-14-5-7-15(8-6-14)21-10-11-22-16-3-1-2-13(12-16)4-9-17(19)20/h1-3,5-8,12H,4,9-11H2,(H,19,20). The van der Waals surface area contributed by atoms with Crippen molar-refractivity contribution in [3.8, 4) is 11.5 Å². The quantitative estimate of drug-likeness (QED) is 0.760. The number of carboxylic acid groups (broad SMARTS) is 1. The lowest BCUT2D eigenvalue weighted by Crippen LogP contribution is -2.09. The van der Waals surface area contributed by atoms with Crippen molar-refractivity contribution >= 4 is 5.97 Å². The molecule has 116 valence electrons. The first-order chi connectivity index (χ1) is 10.6.